The van der Waals surface area contributed by atoms with Crippen LogP contribution < -0.4 is 5.32 Å². The first-order valence-corrected chi connectivity index (χ1v) is 7.47. The normalized spacial score (nSPS) is 16.1. The van der Waals surface area contributed by atoms with E-state index in [0.717, 1.165) is 32.7 Å². The maximum absolute atomic E-state index is 12.3. The van der Waals surface area contributed by atoms with Gasteiger partial charge in [-0.15, -0.1) is 0 Å². The Morgan fingerprint density at radius 2 is 2.05 bits per heavy atom. The van der Waals surface area contributed by atoms with E-state index in [9.17, 15) is 4.79 Å². The lowest BCUT2D eigenvalue weighted by Gasteiger charge is -2.29. The first kappa shape index (κ1) is 15.6. The second-order valence-electron chi connectivity index (χ2n) is 4.94. The Balaban J connectivity index is 1.90. The van der Waals surface area contributed by atoms with E-state index < -0.39 is 0 Å². The molecule has 1 N–H and O–H groups in total. The molecule has 0 spiro atoms. The van der Waals surface area contributed by atoms with Gasteiger partial charge in [0, 0.05) is 51.3 Å². The van der Waals surface area contributed by atoms with Crippen LogP contribution in [0.25, 0.3) is 0 Å². The molecule has 0 saturated carbocycles. The van der Waals surface area contributed by atoms with E-state index in [4.69, 9.17) is 23.2 Å². The zero-order valence-corrected chi connectivity index (χ0v) is 13.0. The van der Waals surface area contributed by atoms with Gasteiger partial charge >= 0.3 is 0 Å². The van der Waals surface area contributed by atoms with Gasteiger partial charge in [-0.25, -0.2) is 0 Å². The number of amides is 1. The molecule has 0 aliphatic carbocycles. The third-order valence-electron chi connectivity index (χ3n) is 3.47. The summed E-state index contributed by atoms with van der Waals surface area (Å²) in [5.41, 5.74) is 0.499. The van der Waals surface area contributed by atoms with Crippen LogP contribution in [0.1, 0.15) is 10.4 Å². The molecule has 0 atom stereocenters. The van der Waals surface area contributed by atoms with Crippen LogP contribution in [-0.4, -0.2) is 62.0 Å². The fourth-order valence-electron chi connectivity index (χ4n) is 2.20. The predicted octanol–water partition coefficient (Wildman–Crippen LogP) is 1.97. The topological polar surface area (TPSA) is 35.6 Å². The third kappa shape index (κ3) is 4.09. The highest BCUT2D eigenvalue weighted by Crippen LogP contribution is 2.21. The SMILES string of the molecule is CN(CCN1CCNCC1)C(=O)c1ccc(Cl)cc1Cl. The van der Waals surface area contributed by atoms with E-state index in [1.165, 1.54) is 0 Å². The second-order valence-corrected chi connectivity index (χ2v) is 5.79. The molecular formula is C14H19Cl2N3O. The number of hydrogen-bond acceptors (Lipinski definition) is 3. The monoisotopic (exact) mass is 315 g/mol. The number of nitrogens with one attached hydrogen (secondary N) is 1. The number of piperazine rings is 1. The van der Waals surface area contributed by atoms with Crippen LogP contribution in [0.2, 0.25) is 10.0 Å². The lowest BCUT2D eigenvalue weighted by Crippen LogP contribution is -2.46. The predicted molar refractivity (Wildman–Crippen MR) is 82.7 cm³/mol. The van der Waals surface area contributed by atoms with Crippen molar-refractivity contribution in [2.75, 3.05) is 46.3 Å². The van der Waals surface area contributed by atoms with Crippen molar-refractivity contribution in [1.82, 2.24) is 15.1 Å². The lowest BCUT2D eigenvalue weighted by atomic mass is 10.2. The molecule has 1 heterocycles. The Bertz CT molecular complexity index is 475. The second kappa shape index (κ2) is 7.27. The Labute approximate surface area is 129 Å². The summed E-state index contributed by atoms with van der Waals surface area (Å²) in [6.45, 7) is 5.67. The van der Waals surface area contributed by atoms with Crippen molar-refractivity contribution in [3.8, 4) is 0 Å². The molecule has 20 heavy (non-hydrogen) atoms. The van der Waals surface area contributed by atoms with Crippen molar-refractivity contribution < 1.29 is 4.79 Å². The summed E-state index contributed by atoms with van der Waals surface area (Å²) in [5, 5.41) is 4.25. The van der Waals surface area contributed by atoms with E-state index in [2.05, 4.69) is 10.2 Å². The molecule has 2 rings (SSSR count). The van der Waals surface area contributed by atoms with E-state index in [1.54, 1.807) is 30.1 Å². The maximum atomic E-state index is 12.3. The summed E-state index contributed by atoms with van der Waals surface area (Å²) < 4.78 is 0. The van der Waals surface area contributed by atoms with Gasteiger partial charge in [0.05, 0.1) is 10.6 Å². The standard InChI is InChI=1S/C14H19Cl2N3O/c1-18(8-9-19-6-4-17-5-7-19)14(20)12-3-2-11(15)10-13(12)16/h2-3,10,17H,4-9H2,1H3. The molecule has 1 aliphatic rings. The van der Waals surface area contributed by atoms with Crippen LogP contribution in [0.5, 0.6) is 0 Å². The van der Waals surface area contributed by atoms with Gasteiger partial charge in [0.25, 0.3) is 5.91 Å². The van der Waals surface area contributed by atoms with E-state index in [-0.39, 0.29) is 5.91 Å². The van der Waals surface area contributed by atoms with E-state index in [0.29, 0.717) is 22.2 Å². The summed E-state index contributed by atoms with van der Waals surface area (Å²) >= 11 is 11.9. The van der Waals surface area contributed by atoms with E-state index in [1.807, 2.05) is 0 Å². The minimum absolute atomic E-state index is 0.0678. The first-order valence-electron chi connectivity index (χ1n) is 6.71. The van der Waals surface area contributed by atoms with E-state index >= 15 is 0 Å². The fraction of sp³-hybridized carbons (Fsp3) is 0.500. The molecule has 6 heteroatoms. The largest absolute Gasteiger partial charge is 0.340 e. The lowest BCUT2D eigenvalue weighted by molar-refractivity contribution is 0.0775. The Hall–Kier alpha value is -0.810. The molecular weight excluding hydrogens is 297 g/mol. The number of carbonyl (C=O) groups is 1. The highest BCUT2D eigenvalue weighted by atomic mass is 35.5. The number of carbonyl (C=O) groups excluding carboxylic acids is 1. The number of benzene rings is 1. The third-order valence-corrected chi connectivity index (χ3v) is 4.02. The highest BCUT2D eigenvalue weighted by Gasteiger charge is 2.17. The highest BCUT2D eigenvalue weighted by molar-refractivity contribution is 6.36. The number of hydrogen-bond donors (Lipinski definition) is 1. The summed E-state index contributed by atoms with van der Waals surface area (Å²) in [5.74, 6) is -0.0678. The van der Waals surface area contributed by atoms with Crippen molar-refractivity contribution in [3.05, 3.63) is 33.8 Å². The minimum Gasteiger partial charge on any atom is -0.340 e. The number of likely N-dealkylation sites (N-methyl/N-ethyl adjacent to an activating group) is 1. The summed E-state index contributed by atoms with van der Waals surface area (Å²) in [6.07, 6.45) is 0. The fourth-order valence-corrected chi connectivity index (χ4v) is 2.69. The summed E-state index contributed by atoms with van der Waals surface area (Å²) in [6, 6.07) is 4.96. The number of rotatable bonds is 4. The average molecular weight is 316 g/mol. The molecule has 1 fully saturated rings. The molecule has 0 aromatic heterocycles. The zero-order valence-electron chi connectivity index (χ0n) is 11.5. The minimum atomic E-state index is -0.0678. The Morgan fingerprint density at radius 3 is 2.70 bits per heavy atom. The molecule has 1 saturated heterocycles. The quantitative estimate of drug-likeness (QED) is 0.922. The van der Waals surface area contributed by atoms with Crippen LogP contribution in [0.3, 0.4) is 0 Å². The molecule has 1 aliphatic heterocycles. The van der Waals surface area contributed by atoms with Gasteiger partial charge in [0.15, 0.2) is 0 Å². The Kier molecular flexibility index (Phi) is 5.66. The molecule has 1 amide bonds. The number of nitrogens with zero attached hydrogens (tertiary/aromatic N) is 2. The Morgan fingerprint density at radius 1 is 1.35 bits per heavy atom. The molecule has 0 bridgehead atoms. The van der Waals surface area contributed by atoms with Gasteiger partial charge in [0.2, 0.25) is 0 Å². The molecule has 110 valence electrons. The van der Waals surface area contributed by atoms with Gasteiger partial charge in [0.1, 0.15) is 0 Å². The van der Waals surface area contributed by atoms with Crippen LogP contribution >= 0.6 is 23.2 Å². The smallest absolute Gasteiger partial charge is 0.255 e. The average Bonchev–Trinajstić information content (AvgIpc) is 2.45. The van der Waals surface area contributed by atoms with Crippen LogP contribution in [-0.2, 0) is 0 Å². The molecule has 0 radical (unpaired) electrons. The maximum Gasteiger partial charge on any atom is 0.255 e. The van der Waals surface area contributed by atoms with Gasteiger partial charge in [-0.1, -0.05) is 23.2 Å². The van der Waals surface area contributed by atoms with Gasteiger partial charge in [-0.05, 0) is 18.2 Å². The van der Waals surface area contributed by atoms with Crippen molar-refractivity contribution in [1.29, 1.82) is 0 Å². The van der Waals surface area contributed by atoms with Crippen LogP contribution in [0, 0.1) is 0 Å². The summed E-state index contributed by atoms with van der Waals surface area (Å²) in [4.78, 5) is 16.4. The number of halogens is 2. The van der Waals surface area contributed by atoms with Gasteiger partial charge < -0.3 is 10.2 Å². The van der Waals surface area contributed by atoms with Gasteiger partial charge in [-0.3, -0.25) is 9.69 Å². The van der Waals surface area contributed by atoms with Crippen LogP contribution in [0.15, 0.2) is 18.2 Å². The van der Waals surface area contributed by atoms with Crippen LogP contribution in [0.4, 0.5) is 0 Å². The van der Waals surface area contributed by atoms with Crippen molar-refractivity contribution in [3.63, 3.8) is 0 Å². The summed E-state index contributed by atoms with van der Waals surface area (Å²) in [7, 11) is 1.80. The van der Waals surface area contributed by atoms with Crippen molar-refractivity contribution in [2.24, 2.45) is 0 Å². The molecule has 0 unspecified atom stereocenters. The zero-order chi connectivity index (χ0) is 14.5. The molecule has 1 aromatic rings. The van der Waals surface area contributed by atoms with Crippen molar-refractivity contribution >= 4 is 29.1 Å². The first-order chi connectivity index (χ1) is 9.58. The molecule has 4 nitrogen and oxygen atoms in total. The van der Waals surface area contributed by atoms with Crippen molar-refractivity contribution in [2.45, 2.75) is 0 Å². The van der Waals surface area contributed by atoms with Gasteiger partial charge in [-0.2, -0.15) is 0 Å². The molecule has 1 aromatic carbocycles.